The van der Waals surface area contributed by atoms with Gasteiger partial charge in [0, 0.05) is 13.1 Å². The molecule has 0 saturated carbocycles. The second-order valence-corrected chi connectivity index (χ2v) is 10.4. The van der Waals surface area contributed by atoms with Crippen LogP contribution in [-0.2, 0) is 30.7 Å². The lowest BCUT2D eigenvalue weighted by Gasteiger charge is -2.31. The Morgan fingerprint density at radius 3 is 2.43 bits per heavy atom. The summed E-state index contributed by atoms with van der Waals surface area (Å²) in [5.74, 6) is -2.32. The zero-order valence-corrected chi connectivity index (χ0v) is 20.7. The number of sulfonamides is 1. The number of benzene rings is 2. The van der Waals surface area contributed by atoms with Gasteiger partial charge in [-0.15, -0.1) is 0 Å². The number of carbonyl (C=O) groups is 3. The molecule has 1 amide bonds. The van der Waals surface area contributed by atoms with E-state index in [9.17, 15) is 22.8 Å². The maximum absolute atomic E-state index is 13.1. The highest BCUT2D eigenvalue weighted by atomic mass is 32.2. The minimum Gasteiger partial charge on any atom is -0.465 e. The first-order chi connectivity index (χ1) is 16.7. The molecule has 1 fully saturated rings. The number of hydrogen-bond acceptors (Lipinski definition) is 7. The van der Waals surface area contributed by atoms with E-state index in [0.717, 1.165) is 5.56 Å². The van der Waals surface area contributed by atoms with E-state index in [4.69, 9.17) is 9.47 Å². The predicted octanol–water partition coefficient (Wildman–Crippen LogP) is 2.87. The highest BCUT2D eigenvalue weighted by Crippen LogP contribution is 2.25. The molecule has 1 heterocycles. The Hall–Kier alpha value is -3.24. The minimum absolute atomic E-state index is 0.00387. The fourth-order valence-corrected chi connectivity index (χ4v) is 5.64. The van der Waals surface area contributed by atoms with Crippen LogP contribution in [0, 0.1) is 5.92 Å². The first-order valence-electron chi connectivity index (χ1n) is 11.4. The van der Waals surface area contributed by atoms with Gasteiger partial charge in [0.2, 0.25) is 15.9 Å². The molecule has 1 N–H and O–H groups in total. The van der Waals surface area contributed by atoms with Crippen molar-refractivity contribution in [3.63, 3.8) is 0 Å². The van der Waals surface area contributed by atoms with Gasteiger partial charge in [-0.3, -0.25) is 4.79 Å². The number of aryl methyl sites for hydroxylation is 1. The molecule has 10 heteroatoms. The van der Waals surface area contributed by atoms with Crippen molar-refractivity contribution >= 4 is 33.6 Å². The maximum atomic E-state index is 13.1. The second kappa shape index (κ2) is 11.9. The summed E-state index contributed by atoms with van der Waals surface area (Å²) in [7, 11) is -1.08. The minimum atomic E-state index is -3.52. The molecule has 35 heavy (non-hydrogen) atoms. The van der Waals surface area contributed by atoms with Gasteiger partial charge in [-0.25, -0.2) is 22.3 Å². The summed E-state index contributed by atoms with van der Waals surface area (Å²) in [5, 5.41) is 2.68. The first-order valence-corrected chi connectivity index (χ1v) is 13.0. The molecule has 0 aliphatic carbocycles. The molecule has 1 aliphatic rings. The van der Waals surface area contributed by atoms with E-state index in [1.165, 1.54) is 36.7 Å². The van der Waals surface area contributed by atoms with Crippen molar-refractivity contribution in [3.05, 3.63) is 65.2 Å². The summed E-state index contributed by atoms with van der Waals surface area (Å²) in [6.07, 6.45) is 2.20. The van der Waals surface area contributed by atoms with Crippen LogP contribution in [0.4, 0.5) is 5.69 Å². The lowest BCUT2D eigenvalue weighted by molar-refractivity contribution is -0.120. The van der Waals surface area contributed by atoms with Crippen molar-refractivity contribution in [1.29, 1.82) is 0 Å². The number of rotatable bonds is 9. The van der Waals surface area contributed by atoms with E-state index in [-0.39, 0.29) is 29.1 Å². The Bertz CT molecular complexity index is 1170. The van der Waals surface area contributed by atoms with Gasteiger partial charge in [-0.1, -0.05) is 30.3 Å². The third-order valence-corrected chi connectivity index (χ3v) is 7.89. The molecule has 0 radical (unpaired) electrons. The third-order valence-electron chi connectivity index (χ3n) is 5.96. The average molecular weight is 503 g/mol. The molecule has 9 nitrogen and oxygen atoms in total. The fraction of sp³-hybridized carbons (Fsp3) is 0.400. The van der Waals surface area contributed by atoms with Gasteiger partial charge < -0.3 is 14.8 Å². The van der Waals surface area contributed by atoms with Crippen molar-refractivity contribution in [2.24, 2.45) is 5.92 Å². The molecule has 1 aliphatic heterocycles. The monoisotopic (exact) mass is 502 g/mol. The number of anilines is 1. The standard InChI is InChI=1S/C25H30N2O7S/c1-33-24(29)19-12-13-21(25(30)34-2)22(16-19)26-23(28)20-11-6-14-27(17-20)35(31,32)15-7-10-18-8-4-3-5-9-18/h3-5,8-9,12-13,16,20H,6-7,10-11,14-15,17H2,1-2H3,(H,26,28)/t20-/m1/s1. The topological polar surface area (TPSA) is 119 Å². The van der Waals surface area contributed by atoms with Crippen LogP contribution in [0.5, 0.6) is 0 Å². The fourth-order valence-electron chi connectivity index (χ4n) is 4.06. The first kappa shape index (κ1) is 26.4. The van der Waals surface area contributed by atoms with Crippen LogP contribution in [0.15, 0.2) is 48.5 Å². The Balaban J connectivity index is 1.67. The number of methoxy groups -OCH3 is 2. The van der Waals surface area contributed by atoms with Gasteiger partial charge in [0.25, 0.3) is 0 Å². The lowest BCUT2D eigenvalue weighted by atomic mass is 9.98. The van der Waals surface area contributed by atoms with Gasteiger partial charge in [-0.2, -0.15) is 0 Å². The van der Waals surface area contributed by atoms with E-state index >= 15 is 0 Å². The van der Waals surface area contributed by atoms with E-state index in [1.807, 2.05) is 30.3 Å². The zero-order chi connectivity index (χ0) is 25.4. The molecule has 1 saturated heterocycles. The van der Waals surface area contributed by atoms with Gasteiger partial charge in [-0.05, 0) is 49.4 Å². The van der Waals surface area contributed by atoms with Gasteiger partial charge in [0.05, 0.1) is 42.7 Å². The largest absolute Gasteiger partial charge is 0.465 e. The third kappa shape index (κ3) is 6.89. The number of piperidine rings is 1. The summed E-state index contributed by atoms with van der Waals surface area (Å²) >= 11 is 0. The summed E-state index contributed by atoms with van der Waals surface area (Å²) in [5.41, 5.74) is 1.42. The SMILES string of the molecule is COC(=O)c1ccc(C(=O)OC)c(NC(=O)[C@@H]2CCCN(S(=O)(=O)CCCc3ccccc3)C2)c1. The van der Waals surface area contributed by atoms with Crippen LogP contribution in [0.2, 0.25) is 0 Å². The smallest absolute Gasteiger partial charge is 0.339 e. The number of amides is 1. The lowest BCUT2D eigenvalue weighted by Crippen LogP contribution is -2.44. The molecule has 2 aromatic carbocycles. The molecule has 0 bridgehead atoms. The highest BCUT2D eigenvalue weighted by Gasteiger charge is 2.32. The van der Waals surface area contributed by atoms with Gasteiger partial charge >= 0.3 is 11.9 Å². The summed E-state index contributed by atoms with van der Waals surface area (Å²) < 4.78 is 36.7. The van der Waals surface area contributed by atoms with Crippen LogP contribution in [0.25, 0.3) is 0 Å². The molecule has 0 aromatic heterocycles. The molecule has 188 valence electrons. The van der Waals surface area contributed by atoms with E-state index in [0.29, 0.717) is 32.2 Å². The average Bonchev–Trinajstić information content (AvgIpc) is 2.88. The van der Waals surface area contributed by atoms with E-state index in [1.54, 1.807) is 0 Å². The van der Waals surface area contributed by atoms with Crippen molar-refractivity contribution in [2.75, 3.05) is 38.4 Å². The van der Waals surface area contributed by atoms with Crippen LogP contribution >= 0.6 is 0 Å². The van der Waals surface area contributed by atoms with Crippen LogP contribution in [0.3, 0.4) is 0 Å². The van der Waals surface area contributed by atoms with Crippen LogP contribution < -0.4 is 5.32 Å². The summed E-state index contributed by atoms with van der Waals surface area (Å²) in [6, 6.07) is 13.8. The highest BCUT2D eigenvalue weighted by molar-refractivity contribution is 7.89. The predicted molar refractivity (Wildman–Crippen MR) is 131 cm³/mol. The van der Waals surface area contributed by atoms with Crippen molar-refractivity contribution in [3.8, 4) is 0 Å². The maximum Gasteiger partial charge on any atom is 0.339 e. The van der Waals surface area contributed by atoms with E-state index in [2.05, 4.69) is 5.32 Å². The number of esters is 2. The van der Waals surface area contributed by atoms with Crippen LogP contribution in [0.1, 0.15) is 45.5 Å². The molecular weight excluding hydrogens is 472 g/mol. The number of nitrogens with one attached hydrogen (secondary N) is 1. The zero-order valence-electron chi connectivity index (χ0n) is 19.9. The molecule has 2 aromatic rings. The summed E-state index contributed by atoms with van der Waals surface area (Å²) in [6.45, 7) is 0.423. The quantitative estimate of drug-likeness (QED) is 0.524. The molecule has 0 unspecified atom stereocenters. The Morgan fingerprint density at radius 1 is 1.03 bits per heavy atom. The number of carbonyl (C=O) groups excluding carboxylic acids is 3. The number of ether oxygens (including phenoxy) is 2. The second-order valence-electron chi connectivity index (χ2n) is 8.34. The Labute approximate surface area is 205 Å². The van der Waals surface area contributed by atoms with Crippen molar-refractivity contribution in [2.45, 2.75) is 25.7 Å². The normalized spacial score (nSPS) is 16.3. The molecular formula is C25H30N2O7S. The Kier molecular flexibility index (Phi) is 9.00. The molecule has 1 atom stereocenters. The van der Waals surface area contributed by atoms with Gasteiger partial charge in [0.15, 0.2) is 0 Å². The van der Waals surface area contributed by atoms with Crippen molar-refractivity contribution < 1.29 is 32.3 Å². The van der Waals surface area contributed by atoms with Crippen LogP contribution in [-0.4, -0.2) is 63.6 Å². The number of nitrogens with zero attached hydrogens (tertiary/aromatic N) is 1. The Morgan fingerprint density at radius 2 is 1.74 bits per heavy atom. The van der Waals surface area contributed by atoms with Gasteiger partial charge in [0.1, 0.15) is 0 Å². The molecule has 0 spiro atoms. The number of hydrogen-bond donors (Lipinski definition) is 1. The van der Waals surface area contributed by atoms with E-state index < -0.39 is 33.8 Å². The molecule has 3 rings (SSSR count). The summed E-state index contributed by atoms with van der Waals surface area (Å²) in [4.78, 5) is 37.1. The van der Waals surface area contributed by atoms with Crippen molar-refractivity contribution in [1.82, 2.24) is 4.31 Å².